The van der Waals surface area contributed by atoms with Crippen molar-refractivity contribution < 1.29 is 19.4 Å². The molecule has 2 aromatic carbocycles. The number of hydrogen-bond acceptors (Lipinski definition) is 7. The number of non-ortho nitro benzene ring substituents is 2. The zero-order valence-corrected chi connectivity index (χ0v) is 15.5. The molecule has 0 aliphatic carbocycles. The number of benzene rings is 2. The van der Waals surface area contributed by atoms with Gasteiger partial charge in [0.1, 0.15) is 5.60 Å². The highest BCUT2D eigenvalue weighted by Crippen LogP contribution is 2.50. The van der Waals surface area contributed by atoms with Gasteiger partial charge in [-0.2, -0.15) is 0 Å². The summed E-state index contributed by atoms with van der Waals surface area (Å²) in [6.07, 6.45) is -0.772. The molecule has 1 amide bonds. The number of ether oxygens (including phenoxy) is 1. The highest BCUT2D eigenvalue weighted by Gasteiger charge is 2.34. The number of carbonyl (C=O) groups is 1. The predicted octanol–water partition coefficient (Wildman–Crippen LogP) is 5.04. The first-order valence-corrected chi connectivity index (χ1v) is 8.66. The molecular weight excluding hydrogens is 374 g/mol. The molecule has 0 bridgehead atoms. The Labute approximate surface area is 158 Å². The average Bonchev–Trinajstić information content (AvgIpc) is 2.56. The molecule has 0 N–H and O–H groups in total. The number of carbonyl (C=O) groups excluding carboxylic acids is 1. The maximum Gasteiger partial charge on any atom is 0.419 e. The van der Waals surface area contributed by atoms with E-state index in [0.29, 0.717) is 9.79 Å². The second kappa shape index (κ2) is 6.54. The van der Waals surface area contributed by atoms with Gasteiger partial charge in [-0.1, -0.05) is 11.8 Å². The van der Waals surface area contributed by atoms with Gasteiger partial charge in [0.2, 0.25) is 0 Å². The Kier molecular flexibility index (Phi) is 4.52. The first kappa shape index (κ1) is 18.6. The minimum Gasteiger partial charge on any atom is -0.443 e. The van der Waals surface area contributed by atoms with E-state index < -0.39 is 21.5 Å². The molecule has 2 aromatic rings. The lowest BCUT2D eigenvalue weighted by atomic mass is 10.2. The summed E-state index contributed by atoms with van der Waals surface area (Å²) in [6.45, 7) is 5.06. The smallest absolute Gasteiger partial charge is 0.419 e. The van der Waals surface area contributed by atoms with Gasteiger partial charge >= 0.3 is 6.09 Å². The third-order valence-electron chi connectivity index (χ3n) is 3.58. The van der Waals surface area contributed by atoms with Crippen LogP contribution in [0.15, 0.2) is 46.2 Å². The summed E-state index contributed by atoms with van der Waals surface area (Å²) in [6, 6.07) is 8.28. The van der Waals surface area contributed by atoms with E-state index in [2.05, 4.69) is 0 Å². The fourth-order valence-electron chi connectivity index (χ4n) is 2.51. The largest absolute Gasteiger partial charge is 0.443 e. The summed E-state index contributed by atoms with van der Waals surface area (Å²) in [5.74, 6) is 0. The minimum absolute atomic E-state index is 0.197. The molecule has 3 rings (SSSR count). The summed E-state index contributed by atoms with van der Waals surface area (Å²) >= 11 is 1.27. The summed E-state index contributed by atoms with van der Waals surface area (Å²) in [5.41, 5.74) is -0.717. The zero-order chi connectivity index (χ0) is 19.9. The molecule has 1 heterocycles. The van der Waals surface area contributed by atoms with Crippen molar-refractivity contribution in [3.63, 3.8) is 0 Å². The van der Waals surface area contributed by atoms with Gasteiger partial charge in [-0.25, -0.2) is 9.69 Å². The Morgan fingerprint density at radius 2 is 1.41 bits per heavy atom. The van der Waals surface area contributed by atoms with Crippen molar-refractivity contribution in [1.82, 2.24) is 0 Å². The lowest BCUT2D eigenvalue weighted by molar-refractivity contribution is -0.384. The molecule has 27 heavy (non-hydrogen) atoms. The first-order chi connectivity index (χ1) is 12.6. The van der Waals surface area contributed by atoms with Crippen LogP contribution < -0.4 is 4.90 Å². The standard InChI is InChI=1S/C17H15N3O6S/c1-17(2,3)26-16(21)18-12-8-10(19(22)23)4-6-14(12)27-15-7-5-11(20(24)25)9-13(15)18/h4-9H,1-3H3. The average molecular weight is 389 g/mol. The second-order valence-corrected chi connectivity index (χ2v) is 7.82. The van der Waals surface area contributed by atoms with Crippen LogP contribution in [0.2, 0.25) is 0 Å². The van der Waals surface area contributed by atoms with Gasteiger partial charge in [-0.3, -0.25) is 20.2 Å². The van der Waals surface area contributed by atoms with Gasteiger partial charge in [0.25, 0.3) is 11.4 Å². The van der Waals surface area contributed by atoms with Gasteiger partial charge in [0.05, 0.1) is 21.2 Å². The summed E-state index contributed by atoms with van der Waals surface area (Å²) < 4.78 is 5.43. The summed E-state index contributed by atoms with van der Waals surface area (Å²) in [5, 5.41) is 22.3. The van der Waals surface area contributed by atoms with Crippen molar-refractivity contribution >= 4 is 40.6 Å². The Bertz CT molecular complexity index is 906. The van der Waals surface area contributed by atoms with Crippen LogP contribution in [0.25, 0.3) is 0 Å². The number of nitro groups is 2. The van der Waals surface area contributed by atoms with Gasteiger partial charge < -0.3 is 4.74 Å². The Hall–Kier alpha value is -3.14. The predicted molar refractivity (Wildman–Crippen MR) is 98.7 cm³/mol. The first-order valence-electron chi connectivity index (χ1n) is 7.85. The van der Waals surface area contributed by atoms with Crippen molar-refractivity contribution in [2.45, 2.75) is 36.2 Å². The number of nitrogens with zero attached hydrogens (tertiary/aromatic N) is 3. The molecule has 0 atom stereocenters. The third kappa shape index (κ3) is 3.70. The van der Waals surface area contributed by atoms with Crippen molar-refractivity contribution in [2.75, 3.05) is 4.90 Å². The van der Waals surface area contributed by atoms with E-state index in [0.717, 1.165) is 4.90 Å². The maximum atomic E-state index is 12.9. The van der Waals surface area contributed by atoms with E-state index >= 15 is 0 Å². The van der Waals surface area contributed by atoms with Crippen LogP contribution in [-0.4, -0.2) is 21.5 Å². The highest BCUT2D eigenvalue weighted by atomic mass is 32.2. The number of amides is 1. The van der Waals surface area contributed by atoms with E-state index in [9.17, 15) is 25.0 Å². The SMILES string of the molecule is CC(C)(C)OC(=O)N1c2cc([N+](=O)[O-])ccc2Sc2ccc([N+](=O)[O-])cc21. The van der Waals surface area contributed by atoms with Crippen LogP contribution in [0.3, 0.4) is 0 Å². The molecule has 1 aliphatic heterocycles. The molecule has 0 saturated heterocycles. The van der Waals surface area contributed by atoms with Crippen LogP contribution in [0.4, 0.5) is 27.5 Å². The van der Waals surface area contributed by atoms with Crippen molar-refractivity contribution in [3.05, 3.63) is 56.6 Å². The van der Waals surface area contributed by atoms with Crippen LogP contribution in [-0.2, 0) is 4.74 Å². The fourth-order valence-corrected chi connectivity index (χ4v) is 3.53. The topological polar surface area (TPSA) is 116 Å². The molecule has 0 unspecified atom stereocenters. The molecule has 0 fully saturated rings. The van der Waals surface area contributed by atoms with E-state index in [4.69, 9.17) is 4.74 Å². The monoisotopic (exact) mass is 389 g/mol. The quantitative estimate of drug-likeness (QED) is 0.522. The van der Waals surface area contributed by atoms with E-state index in [-0.39, 0.29) is 22.7 Å². The van der Waals surface area contributed by atoms with Crippen LogP contribution in [0.5, 0.6) is 0 Å². The Morgan fingerprint density at radius 3 is 1.78 bits per heavy atom. The van der Waals surface area contributed by atoms with Crippen LogP contribution in [0, 0.1) is 20.2 Å². The van der Waals surface area contributed by atoms with E-state index in [1.165, 1.54) is 36.0 Å². The number of fused-ring (bicyclic) bond motifs is 2. The molecule has 0 spiro atoms. The molecule has 1 aliphatic rings. The molecular formula is C17H15N3O6S. The fraction of sp³-hybridized carbons (Fsp3) is 0.235. The van der Waals surface area contributed by atoms with E-state index in [1.807, 2.05) is 0 Å². The van der Waals surface area contributed by atoms with Gasteiger partial charge in [-0.15, -0.1) is 0 Å². The highest BCUT2D eigenvalue weighted by molar-refractivity contribution is 7.99. The van der Waals surface area contributed by atoms with Gasteiger partial charge in [-0.05, 0) is 32.9 Å². The molecule has 0 radical (unpaired) electrons. The molecule has 0 saturated carbocycles. The number of hydrogen-bond donors (Lipinski definition) is 0. The molecule has 9 nitrogen and oxygen atoms in total. The molecule has 140 valence electrons. The van der Waals surface area contributed by atoms with Crippen LogP contribution >= 0.6 is 11.8 Å². The Balaban J connectivity index is 2.19. The van der Waals surface area contributed by atoms with Crippen molar-refractivity contribution in [3.8, 4) is 0 Å². The second-order valence-electron chi connectivity index (χ2n) is 6.74. The number of nitro benzene ring substituents is 2. The van der Waals surface area contributed by atoms with Crippen molar-refractivity contribution in [2.24, 2.45) is 0 Å². The number of anilines is 2. The molecule has 0 aromatic heterocycles. The normalized spacial score (nSPS) is 12.8. The minimum atomic E-state index is -0.816. The molecule has 10 heteroatoms. The lowest BCUT2D eigenvalue weighted by Crippen LogP contribution is -2.35. The maximum absolute atomic E-state index is 12.9. The van der Waals surface area contributed by atoms with Crippen molar-refractivity contribution in [1.29, 1.82) is 0 Å². The summed E-state index contributed by atoms with van der Waals surface area (Å²) in [4.78, 5) is 36.4. The lowest BCUT2D eigenvalue weighted by Gasteiger charge is -2.32. The van der Waals surface area contributed by atoms with Crippen LogP contribution in [0.1, 0.15) is 20.8 Å². The Morgan fingerprint density at radius 1 is 0.963 bits per heavy atom. The van der Waals surface area contributed by atoms with E-state index in [1.54, 1.807) is 32.9 Å². The third-order valence-corrected chi connectivity index (χ3v) is 4.71. The van der Waals surface area contributed by atoms with Gasteiger partial charge in [0, 0.05) is 34.1 Å². The summed E-state index contributed by atoms with van der Waals surface area (Å²) in [7, 11) is 0. The number of rotatable bonds is 2. The zero-order valence-electron chi connectivity index (χ0n) is 14.7. The van der Waals surface area contributed by atoms with Gasteiger partial charge in [0.15, 0.2) is 0 Å².